The predicted molar refractivity (Wildman–Crippen MR) is 55.4 cm³/mol. The first-order chi connectivity index (χ1) is 7.13. The highest BCUT2D eigenvalue weighted by molar-refractivity contribution is 6.02. The fraction of sp³-hybridized carbons (Fsp3) is 0.800. The van der Waals surface area contributed by atoms with Crippen LogP contribution >= 0.6 is 0 Å². The van der Waals surface area contributed by atoms with Crippen molar-refractivity contribution in [3.63, 3.8) is 0 Å². The molecule has 1 atom stereocenters. The molecule has 1 saturated heterocycles. The minimum Gasteiger partial charge on any atom is -0.315 e. The monoisotopic (exact) mass is 211 g/mol. The highest BCUT2D eigenvalue weighted by Gasteiger charge is 2.43. The molecular weight excluding hydrogens is 194 g/mol. The van der Waals surface area contributed by atoms with Crippen LogP contribution in [0.1, 0.15) is 19.8 Å². The summed E-state index contributed by atoms with van der Waals surface area (Å²) in [4.78, 5) is 26.5. The van der Waals surface area contributed by atoms with Crippen LogP contribution in [0.4, 0.5) is 4.79 Å². The van der Waals surface area contributed by atoms with Crippen molar-refractivity contribution in [2.24, 2.45) is 0 Å². The number of imide groups is 1. The fourth-order valence-corrected chi connectivity index (χ4v) is 1.78. The molecule has 2 rings (SSSR count). The van der Waals surface area contributed by atoms with Crippen molar-refractivity contribution in [1.82, 2.24) is 15.1 Å². The van der Waals surface area contributed by atoms with Crippen molar-refractivity contribution in [3.05, 3.63) is 0 Å². The highest BCUT2D eigenvalue weighted by Crippen LogP contribution is 2.30. The number of carbonyl (C=O) groups is 2. The van der Waals surface area contributed by atoms with Crippen molar-refractivity contribution in [2.45, 2.75) is 31.8 Å². The van der Waals surface area contributed by atoms with Gasteiger partial charge in [-0.15, -0.1) is 0 Å². The van der Waals surface area contributed by atoms with E-state index in [9.17, 15) is 9.59 Å². The molecule has 5 nitrogen and oxygen atoms in total. The van der Waals surface area contributed by atoms with E-state index in [0.717, 1.165) is 12.8 Å². The minimum atomic E-state index is -0.107. The van der Waals surface area contributed by atoms with Gasteiger partial charge in [0.25, 0.3) is 0 Å². The maximum absolute atomic E-state index is 11.9. The molecule has 3 amide bonds. The molecule has 0 bridgehead atoms. The van der Waals surface area contributed by atoms with E-state index in [4.69, 9.17) is 0 Å². The summed E-state index contributed by atoms with van der Waals surface area (Å²) in [6.07, 6.45) is 2.10. The summed E-state index contributed by atoms with van der Waals surface area (Å²) in [6.45, 7) is 2.71. The van der Waals surface area contributed by atoms with Crippen LogP contribution in [0, 0.1) is 0 Å². The van der Waals surface area contributed by atoms with Crippen LogP contribution in [-0.4, -0.2) is 54.0 Å². The van der Waals surface area contributed by atoms with Crippen molar-refractivity contribution >= 4 is 11.9 Å². The maximum Gasteiger partial charge on any atom is 0.327 e. The van der Waals surface area contributed by atoms with Crippen molar-refractivity contribution in [3.8, 4) is 0 Å². The molecule has 0 radical (unpaired) electrons. The summed E-state index contributed by atoms with van der Waals surface area (Å²) in [5.41, 5.74) is 0. The van der Waals surface area contributed by atoms with Gasteiger partial charge in [0.1, 0.15) is 6.54 Å². The lowest BCUT2D eigenvalue weighted by Gasteiger charge is -2.19. The van der Waals surface area contributed by atoms with Crippen molar-refractivity contribution in [2.75, 3.05) is 20.1 Å². The van der Waals surface area contributed by atoms with E-state index in [-0.39, 0.29) is 24.5 Å². The van der Waals surface area contributed by atoms with Gasteiger partial charge in [-0.2, -0.15) is 0 Å². The SMILES string of the molecule is CNC(C)CN1C(=O)CN(C2CC2)C1=O. The van der Waals surface area contributed by atoms with Gasteiger partial charge >= 0.3 is 6.03 Å². The molecule has 1 N–H and O–H groups in total. The molecule has 15 heavy (non-hydrogen) atoms. The van der Waals surface area contributed by atoms with Gasteiger partial charge < -0.3 is 10.2 Å². The third-order valence-corrected chi connectivity index (χ3v) is 3.02. The molecule has 84 valence electrons. The van der Waals surface area contributed by atoms with Crippen LogP contribution in [0.3, 0.4) is 0 Å². The van der Waals surface area contributed by atoms with Gasteiger partial charge in [-0.25, -0.2) is 4.79 Å². The largest absolute Gasteiger partial charge is 0.327 e. The number of nitrogens with zero attached hydrogens (tertiary/aromatic N) is 2. The smallest absolute Gasteiger partial charge is 0.315 e. The second-order valence-electron chi connectivity index (χ2n) is 4.34. The van der Waals surface area contributed by atoms with E-state index in [1.54, 1.807) is 4.90 Å². The van der Waals surface area contributed by atoms with Gasteiger partial charge in [-0.05, 0) is 26.8 Å². The lowest BCUT2D eigenvalue weighted by Crippen LogP contribution is -2.42. The first-order valence-electron chi connectivity index (χ1n) is 5.41. The molecule has 0 aromatic heterocycles. The van der Waals surface area contributed by atoms with Crippen LogP contribution in [0.2, 0.25) is 0 Å². The molecular formula is C10H17N3O2. The molecule has 0 spiro atoms. The molecule has 2 fully saturated rings. The second-order valence-corrected chi connectivity index (χ2v) is 4.34. The Morgan fingerprint density at radius 1 is 1.47 bits per heavy atom. The first-order valence-corrected chi connectivity index (χ1v) is 5.41. The molecule has 0 aromatic carbocycles. The van der Waals surface area contributed by atoms with E-state index in [2.05, 4.69) is 5.32 Å². The minimum absolute atomic E-state index is 0.0611. The predicted octanol–water partition coefficient (Wildman–Crippen LogP) is 0.0209. The number of carbonyl (C=O) groups excluding carboxylic acids is 2. The van der Waals surface area contributed by atoms with Crippen LogP contribution in [-0.2, 0) is 4.79 Å². The number of hydrogen-bond donors (Lipinski definition) is 1. The summed E-state index contributed by atoms with van der Waals surface area (Å²) >= 11 is 0. The lowest BCUT2D eigenvalue weighted by atomic mass is 10.3. The molecule has 1 aliphatic carbocycles. The summed E-state index contributed by atoms with van der Waals surface area (Å²) in [5.74, 6) is -0.0611. The summed E-state index contributed by atoms with van der Waals surface area (Å²) in [5, 5.41) is 3.03. The Balaban J connectivity index is 1.99. The van der Waals surface area contributed by atoms with Crippen molar-refractivity contribution in [1.29, 1.82) is 0 Å². The van der Waals surface area contributed by atoms with Gasteiger partial charge in [0.2, 0.25) is 5.91 Å². The Labute approximate surface area is 89.4 Å². The van der Waals surface area contributed by atoms with Gasteiger partial charge in [-0.1, -0.05) is 0 Å². The zero-order chi connectivity index (χ0) is 11.0. The molecule has 2 aliphatic rings. The van der Waals surface area contributed by atoms with Gasteiger partial charge in [-0.3, -0.25) is 9.69 Å². The van der Waals surface area contributed by atoms with Crippen LogP contribution in [0.15, 0.2) is 0 Å². The quantitative estimate of drug-likeness (QED) is 0.667. The summed E-state index contributed by atoms with van der Waals surface area (Å²) in [7, 11) is 1.83. The van der Waals surface area contributed by atoms with E-state index in [1.165, 1.54) is 4.90 Å². The zero-order valence-electron chi connectivity index (χ0n) is 9.19. The average molecular weight is 211 g/mol. The zero-order valence-corrected chi connectivity index (χ0v) is 9.19. The average Bonchev–Trinajstić information content (AvgIpc) is 3.00. The summed E-state index contributed by atoms with van der Waals surface area (Å²) in [6, 6.07) is 0.373. The third kappa shape index (κ3) is 1.97. The number of nitrogens with one attached hydrogen (secondary N) is 1. The van der Waals surface area contributed by atoms with Crippen molar-refractivity contribution < 1.29 is 9.59 Å². The Morgan fingerprint density at radius 2 is 2.13 bits per heavy atom. The van der Waals surface area contributed by atoms with Crippen LogP contribution in [0.5, 0.6) is 0 Å². The highest BCUT2D eigenvalue weighted by atomic mass is 16.2. The number of rotatable bonds is 4. The lowest BCUT2D eigenvalue weighted by molar-refractivity contribution is -0.125. The van der Waals surface area contributed by atoms with Crippen LogP contribution < -0.4 is 5.32 Å². The molecule has 1 saturated carbocycles. The van der Waals surface area contributed by atoms with Gasteiger partial charge in [0.05, 0.1) is 0 Å². The third-order valence-electron chi connectivity index (χ3n) is 3.02. The number of urea groups is 1. The van der Waals surface area contributed by atoms with Gasteiger partial charge in [0.15, 0.2) is 0 Å². The molecule has 1 heterocycles. The number of hydrogen-bond acceptors (Lipinski definition) is 3. The number of likely N-dealkylation sites (N-methyl/N-ethyl adjacent to an activating group) is 1. The normalized spacial score (nSPS) is 23.9. The first kappa shape index (κ1) is 10.4. The Hall–Kier alpha value is -1.10. The van der Waals surface area contributed by atoms with Gasteiger partial charge in [0, 0.05) is 18.6 Å². The maximum atomic E-state index is 11.9. The second kappa shape index (κ2) is 3.81. The molecule has 5 heteroatoms. The van der Waals surface area contributed by atoms with Crippen LogP contribution in [0.25, 0.3) is 0 Å². The van der Waals surface area contributed by atoms with E-state index >= 15 is 0 Å². The molecule has 1 unspecified atom stereocenters. The summed E-state index contributed by atoms with van der Waals surface area (Å²) < 4.78 is 0. The Bertz CT molecular complexity index is 288. The van der Waals surface area contributed by atoms with E-state index in [1.807, 2.05) is 14.0 Å². The topological polar surface area (TPSA) is 52.7 Å². The van der Waals surface area contributed by atoms with E-state index in [0.29, 0.717) is 12.6 Å². The Kier molecular flexibility index (Phi) is 2.65. The fourth-order valence-electron chi connectivity index (χ4n) is 1.78. The number of amides is 3. The standard InChI is InChI=1S/C10H17N3O2/c1-7(11-2)5-13-9(14)6-12(10(13)15)8-3-4-8/h7-8,11H,3-6H2,1-2H3. The van der Waals surface area contributed by atoms with E-state index < -0.39 is 0 Å². The molecule has 1 aliphatic heterocycles. The Morgan fingerprint density at radius 3 is 2.67 bits per heavy atom. The molecule has 0 aromatic rings.